The van der Waals surface area contributed by atoms with Gasteiger partial charge in [-0.25, -0.2) is 4.98 Å². The largest absolute Gasteiger partial charge is 0.393 e. The molecule has 1 atom stereocenters. The molecule has 31 heavy (non-hydrogen) atoms. The maximum atomic E-state index is 13.5. The number of carbonyl (C=O) groups is 1. The summed E-state index contributed by atoms with van der Waals surface area (Å²) in [6.45, 7) is 2.37. The number of aliphatic hydroxyl groups is 1. The van der Waals surface area contributed by atoms with Crippen LogP contribution < -0.4 is 4.90 Å². The molecule has 0 aromatic carbocycles. The van der Waals surface area contributed by atoms with Crippen molar-refractivity contribution < 1.29 is 9.90 Å². The summed E-state index contributed by atoms with van der Waals surface area (Å²) in [6, 6.07) is 2.23. The van der Waals surface area contributed by atoms with Gasteiger partial charge in [0.2, 0.25) is 5.91 Å². The Morgan fingerprint density at radius 1 is 1.13 bits per heavy atom. The molecule has 5 rings (SSSR count). The number of aryl methyl sites for hydroxylation is 1. The Kier molecular flexibility index (Phi) is 5.42. The quantitative estimate of drug-likeness (QED) is 0.788. The Morgan fingerprint density at radius 2 is 1.94 bits per heavy atom. The maximum absolute atomic E-state index is 13.5. The summed E-state index contributed by atoms with van der Waals surface area (Å²) in [6.07, 6.45) is 11.6. The van der Waals surface area contributed by atoms with Crippen LogP contribution in [0, 0.1) is 5.41 Å². The molecule has 166 valence electrons. The minimum Gasteiger partial charge on any atom is -0.393 e. The predicted molar refractivity (Wildman–Crippen MR) is 120 cm³/mol. The second-order valence-corrected chi connectivity index (χ2v) is 9.86. The smallest absolute Gasteiger partial charge is 0.230 e. The van der Waals surface area contributed by atoms with E-state index in [9.17, 15) is 9.90 Å². The molecule has 1 amide bonds. The molecule has 0 unspecified atom stereocenters. The van der Waals surface area contributed by atoms with E-state index in [1.165, 1.54) is 0 Å². The second-order valence-electron chi connectivity index (χ2n) is 9.45. The third kappa shape index (κ3) is 3.82. The lowest BCUT2D eigenvalue weighted by atomic mass is 9.78. The maximum Gasteiger partial charge on any atom is 0.230 e. The van der Waals surface area contributed by atoms with Gasteiger partial charge in [-0.1, -0.05) is 11.6 Å². The summed E-state index contributed by atoms with van der Waals surface area (Å²) >= 11 is 6.66. The van der Waals surface area contributed by atoms with Crippen molar-refractivity contribution in [1.82, 2.24) is 19.7 Å². The van der Waals surface area contributed by atoms with Gasteiger partial charge in [-0.2, -0.15) is 5.10 Å². The molecule has 7 nitrogen and oxygen atoms in total. The number of aromatic nitrogens is 3. The van der Waals surface area contributed by atoms with Crippen LogP contribution in [0.1, 0.15) is 44.9 Å². The molecule has 2 saturated heterocycles. The molecule has 3 fully saturated rings. The monoisotopic (exact) mass is 443 g/mol. The van der Waals surface area contributed by atoms with Gasteiger partial charge in [0.15, 0.2) is 0 Å². The first kappa shape index (κ1) is 20.8. The van der Waals surface area contributed by atoms with Gasteiger partial charge >= 0.3 is 0 Å². The van der Waals surface area contributed by atoms with Crippen molar-refractivity contribution in [3.8, 4) is 11.1 Å². The zero-order valence-corrected chi connectivity index (χ0v) is 18.8. The van der Waals surface area contributed by atoms with E-state index in [1.54, 1.807) is 10.9 Å². The van der Waals surface area contributed by atoms with Crippen LogP contribution in [-0.4, -0.2) is 62.5 Å². The van der Waals surface area contributed by atoms with E-state index in [2.05, 4.69) is 19.9 Å². The van der Waals surface area contributed by atoms with E-state index in [0.29, 0.717) is 17.5 Å². The summed E-state index contributed by atoms with van der Waals surface area (Å²) in [7, 11) is 1.89. The van der Waals surface area contributed by atoms with Crippen LogP contribution in [0.3, 0.4) is 0 Å². The highest BCUT2D eigenvalue weighted by atomic mass is 35.5. The molecule has 2 aromatic heterocycles. The number of rotatable bonds is 3. The number of carbonyl (C=O) groups excluding carboxylic acids is 1. The van der Waals surface area contributed by atoms with Crippen molar-refractivity contribution in [3.05, 3.63) is 29.7 Å². The fourth-order valence-electron chi connectivity index (χ4n) is 5.65. The Balaban J connectivity index is 1.33. The van der Waals surface area contributed by atoms with E-state index >= 15 is 0 Å². The van der Waals surface area contributed by atoms with E-state index in [0.717, 1.165) is 75.0 Å². The fourth-order valence-corrected chi connectivity index (χ4v) is 5.93. The number of pyridine rings is 1. The van der Waals surface area contributed by atoms with Gasteiger partial charge in [0.25, 0.3) is 0 Å². The highest BCUT2D eigenvalue weighted by Gasteiger charge is 2.51. The lowest BCUT2D eigenvalue weighted by Gasteiger charge is -2.41. The van der Waals surface area contributed by atoms with Crippen molar-refractivity contribution in [2.75, 3.05) is 24.5 Å². The van der Waals surface area contributed by atoms with Crippen LogP contribution in [0.25, 0.3) is 11.1 Å². The molecular formula is C23H30ClN5O2. The molecule has 0 bridgehead atoms. The predicted octanol–water partition coefficient (Wildman–Crippen LogP) is 3.26. The number of piperidine rings is 1. The molecule has 2 aromatic rings. The molecule has 3 aliphatic rings. The molecule has 2 aliphatic heterocycles. The molecule has 4 heterocycles. The summed E-state index contributed by atoms with van der Waals surface area (Å²) in [4.78, 5) is 22.5. The van der Waals surface area contributed by atoms with Gasteiger partial charge in [0.1, 0.15) is 5.82 Å². The lowest BCUT2D eigenvalue weighted by molar-refractivity contribution is -0.139. The van der Waals surface area contributed by atoms with Gasteiger partial charge in [-0.05, 0) is 51.0 Å². The van der Waals surface area contributed by atoms with E-state index in [4.69, 9.17) is 11.6 Å². The first-order chi connectivity index (χ1) is 14.9. The number of likely N-dealkylation sites (tertiary alicyclic amines) is 1. The number of aliphatic hydroxyl groups excluding tert-OH is 1. The van der Waals surface area contributed by atoms with Crippen molar-refractivity contribution in [2.45, 2.75) is 57.1 Å². The van der Waals surface area contributed by atoms with Crippen LogP contribution in [0.2, 0.25) is 5.02 Å². The van der Waals surface area contributed by atoms with Gasteiger partial charge in [-0.15, -0.1) is 0 Å². The number of amides is 1. The molecule has 1 aliphatic carbocycles. The highest BCUT2D eigenvalue weighted by Crippen LogP contribution is 2.44. The van der Waals surface area contributed by atoms with Crippen LogP contribution in [0.5, 0.6) is 0 Å². The second kappa shape index (κ2) is 8.10. The number of halogens is 1. The fraction of sp³-hybridized carbons (Fsp3) is 0.609. The van der Waals surface area contributed by atoms with Gasteiger partial charge in [-0.3, -0.25) is 9.48 Å². The van der Waals surface area contributed by atoms with Crippen LogP contribution >= 0.6 is 11.6 Å². The Bertz CT molecular complexity index is 971. The zero-order chi connectivity index (χ0) is 21.6. The molecule has 8 heteroatoms. The number of hydrogen-bond acceptors (Lipinski definition) is 5. The average molecular weight is 444 g/mol. The Hall–Kier alpha value is -2.12. The average Bonchev–Trinajstić information content (AvgIpc) is 3.33. The molecule has 0 radical (unpaired) electrons. The van der Waals surface area contributed by atoms with Gasteiger partial charge in [0.05, 0.1) is 22.7 Å². The summed E-state index contributed by atoms with van der Waals surface area (Å²) in [5, 5.41) is 14.7. The van der Waals surface area contributed by atoms with Crippen molar-refractivity contribution in [2.24, 2.45) is 12.5 Å². The standard InChI is InChI=1S/C23H30ClN5O2/c1-27-14-17(13-26-27)16-11-20(24)21(25-12-16)28-9-2-7-23(15-28)8-10-29(22(23)31)18-3-5-19(30)6-4-18/h11-14,18-19,30H,2-10,15H2,1H3/t18?,19?,23-/m1/s1. The number of hydrogen-bond donors (Lipinski definition) is 1. The Morgan fingerprint density at radius 3 is 2.65 bits per heavy atom. The van der Waals surface area contributed by atoms with Gasteiger partial charge in [0, 0.05) is 56.2 Å². The SMILES string of the molecule is Cn1cc(-c2cnc(N3CCC[C@@]4(CCN(C5CCC(O)CC5)C4=O)C3)c(Cl)c2)cn1. The van der Waals surface area contributed by atoms with Crippen LogP contribution in [-0.2, 0) is 11.8 Å². The normalized spacial score (nSPS) is 29.2. The summed E-state index contributed by atoms with van der Waals surface area (Å²) < 4.78 is 1.76. The molecule has 1 N–H and O–H groups in total. The number of nitrogens with zero attached hydrogens (tertiary/aromatic N) is 5. The Labute approximate surface area is 188 Å². The third-order valence-electron chi connectivity index (χ3n) is 7.39. The first-order valence-corrected chi connectivity index (χ1v) is 11.7. The minimum atomic E-state index is -0.332. The molecular weight excluding hydrogens is 414 g/mol. The molecule has 1 saturated carbocycles. The highest BCUT2D eigenvalue weighted by molar-refractivity contribution is 6.33. The minimum absolute atomic E-state index is 0.198. The topological polar surface area (TPSA) is 74.5 Å². The van der Waals surface area contributed by atoms with Crippen molar-refractivity contribution in [3.63, 3.8) is 0 Å². The van der Waals surface area contributed by atoms with Crippen molar-refractivity contribution in [1.29, 1.82) is 0 Å². The summed E-state index contributed by atoms with van der Waals surface area (Å²) in [5.74, 6) is 1.06. The first-order valence-electron chi connectivity index (χ1n) is 11.3. The van der Waals surface area contributed by atoms with Crippen molar-refractivity contribution >= 4 is 23.3 Å². The molecule has 1 spiro atoms. The van der Waals surface area contributed by atoms with Crippen LogP contribution in [0.15, 0.2) is 24.7 Å². The van der Waals surface area contributed by atoms with E-state index in [1.807, 2.05) is 25.5 Å². The van der Waals surface area contributed by atoms with Gasteiger partial charge < -0.3 is 14.9 Å². The zero-order valence-electron chi connectivity index (χ0n) is 18.0. The van der Waals surface area contributed by atoms with E-state index < -0.39 is 0 Å². The number of anilines is 1. The summed E-state index contributed by atoms with van der Waals surface area (Å²) in [5.41, 5.74) is 1.59. The van der Waals surface area contributed by atoms with E-state index in [-0.39, 0.29) is 17.6 Å². The lowest BCUT2D eigenvalue weighted by Crippen LogP contribution is -2.50. The van der Waals surface area contributed by atoms with Crippen LogP contribution in [0.4, 0.5) is 5.82 Å². The third-order valence-corrected chi connectivity index (χ3v) is 7.67.